The summed E-state index contributed by atoms with van der Waals surface area (Å²) in [6.07, 6.45) is -1.16. The van der Waals surface area contributed by atoms with Gasteiger partial charge in [0.1, 0.15) is 29.8 Å². The van der Waals surface area contributed by atoms with Crippen molar-refractivity contribution in [3.8, 4) is 11.5 Å². The van der Waals surface area contributed by atoms with E-state index in [0.29, 0.717) is 25.4 Å². The Morgan fingerprint density at radius 3 is 2.02 bits per heavy atom. The highest BCUT2D eigenvalue weighted by atomic mass is 79.9. The highest BCUT2D eigenvalue weighted by Crippen LogP contribution is 2.31. The molecule has 0 radical (unpaired) electrons. The third-order valence-electron chi connectivity index (χ3n) is 6.75. The maximum atomic E-state index is 11.4. The minimum absolute atomic E-state index is 0.218. The van der Waals surface area contributed by atoms with Gasteiger partial charge in [0.05, 0.1) is 40.6 Å². The van der Waals surface area contributed by atoms with Gasteiger partial charge in [-0.3, -0.25) is 0 Å². The zero-order chi connectivity index (χ0) is 28.2. The van der Waals surface area contributed by atoms with Crippen molar-refractivity contribution in [3.63, 3.8) is 0 Å². The molecule has 1 heterocycles. The Balaban J connectivity index is 1.40. The number of halogens is 1. The Labute approximate surface area is 244 Å². The quantitative estimate of drug-likeness (QED) is 0.230. The van der Waals surface area contributed by atoms with Crippen LogP contribution in [0.3, 0.4) is 0 Å². The molecular formula is C32H37BrO7. The summed E-state index contributed by atoms with van der Waals surface area (Å²) >= 11 is 3.40. The lowest BCUT2D eigenvalue weighted by atomic mass is 9.97. The van der Waals surface area contributed by atoms with E-state index in [0.717, 1.165) is 35.5 Å². The first kappa shape index (κ1) is 30.2. The third-order valence-corrected chi connectivity index (χ3v) is 7.28. The molecule has 214 valence electrons. The lowest BCUT2D eigenvalue weighted by Gasteiger charge is -2.41. The molecule has 0 amide bonds. The second-order valence-corrected chi connectivity index (χ2v) is 9.97. The number of hydrogen-bond acceptors (Lipinski definition) is 7. The van der Waals surface area contributed by atoms with E-state index in [9.17, 15) is 5.11 Å². The number of aliphatic hydroxyl groups is 1. The van der Waals surface area contributed by atoms with Crippen molar-refractivity contribution in [3.05, 3.63) is 106 Å². The zero-order valence-electron chi connectivity index (χ0n) is 22.9. The Morgan fingerprint density at radius 2 is 1.43 bits per heavy atom. The Hall–Kier alpha value is -2.72. The van der Waals surface area contributed by atoms with Crippen LogP contribution in [0.15, 0.2) is 89.4 Å². The van der Waals surface area contributed by atoms with Crippen LogP contribution in [0.5, 0.6) is 11.5 Å². The van der Waals surface area contributed by atoms with Crippen LogP contribution in [0.25, 0.3) is 0 Å². The number of benzene rings is 3. The zero-order valence-corrected chi connectivity index (χ0v) is 24.5. The highest BCUT2D eigenvalue weighted by Gasteiger charge is 2.43. The SMILES string of the molecule is COc1ccc(COCC2O[C@H](OCCCc3ccccc3)/C(=C\Br)C(O)C2OCc2ccc(OC)cc2)cc1. The fourth-order valence-corrected chi connectivity index (χ4v) is 4.96. The fraction of sp³-hybridized carbons (Fsp3) is 0.375. The van der Waals surface area contributed by atoms with Gasteiger partial charge in [-0.2, -0.15) is 0 Å². The van der Waals surface area contributed by atoms with Gasteiger partial charge < -0.3 is 33.5 Å². The smallest absolute Gasteiger partial charge is 0.183 e. The lowest BCUT2D eigenvalue weighted by molar-refractivity contribution is -0.241. The van der Waals surface area contributed by atoms with Crippen molar-refractivity contribution in [2.45, 2.75) is 50.7 Å². The molecule has 3 aromatic carbocycles. The van der Waals surface area contributed by atoms with E-state index >= 15 is 0 Å². The number of hydrogen-bond donors (Lipinski definition) is 1. The van der Waals surface area contributed by atoms with Crippen LogP contribution in [0.2, 0.25) is 0 Å². The molecule has 3 aromatic rings. The summed E-state index contributed by atoms with van der Waals surface area (Å²) < 4.78 is 35.2. The molecule has 1 fully saturated rings. The average molecular weight is 614 g/mol. The van der Waals surface area contributed by atoms with Crippen molar-refractivity contribution in [1.82, 2.24) is 0 Å². The third kappa shape index (κ3) is 8.64. The van der Waals surface area contributed by atoms with Gasteiger partial charge in [0, 0.05) is 5.57 Å². The molecule has 0 saturated carbocycles. The van der Waals surface area contributed by atoms with Gasteiger partial charge in [-0.25, -0.2) is 0 Å². The van der Waals surface area contributed by atoms with Crippen molar-refractivity contribution >= 4 is 15.9 Å². The number of methoxy groups -OCH3 is 2. The van der Waals surface area contributed by atoms with Crippen LogP contribution in [-0.4, -0.2) is 57.1 Å². The van der Waals surface area contributed by atoms with E-state index in [1.54, 1.807) is 19.2 Å². The summed E-state index contributed by atoms with van der Waals surface area (Å²) in [7, 11) is 3.27. The van der Waals surface area contributed by atoms with Crippen molar-refractivity contribution in [1.29, 1.82) is 0 Å². The monoisotopic (exact) mass is 612 g/mol. The topological polar surface area (TPSA) is 75.6 Å². The first-order chi connectivity index (χ1) is 19.6. The molecule has 3 unspecified atom stereocenters. The normalized spacial score (nSPS) is 21.9. The molecule has 8 heteroatoms. The van der Waals surface area contributed by atoms with Crippen molar-refractivity contribution < 1.29 is 33.5 Å². The largest absolute Gasteiger partial charge is 0.497 e. The molecule has 0 aromatic heterocycles. The molecule has 0 spiro atoms. The maximum absolute atomic E-state index is 11.4. The van der Waals surface area contributed by atoms with Gasteiger partial charge in [0.25, 0.3) is 0 Å². The second-order valence-electron chi connectivity index (χ2n) is 9.51. The maximum Gasteiger partial charge on any atom is 0.183 e. The minimum atomic E-state index is -0.944. The second kappa shape index (κ2) is 15.9. The van der Waals surface area contributed by atoms with E-state index in [4.69, 9.17) is 28.4 Å². The van der Waals surface area contributed by atoms with Crippen LogP contribution < -0.4 is 9.47 Å². The predicted molar refractivity (Wildman–Crippen MR) is 157 cm³/mol. The highest BCUT2D eigenvalue weighted by molar-refractivity contribution is 9.11. The van der Waals surface area contributed by atoms with Gasteiger partial charge in [-0.1, -0.05) is 70.5 Å². The van der Waals surface area contributed by atoms with Gasteiger partial charge in [-0.05, 0) is 58.8 Å². The van der Waals surface area contributed by atoms with Gasteiger partial charge >= 0.3 is 0 Å². The minimum Gasteiger partial charge on any atom is -0.497 e. The van der Waals surface area contributed by atoms with Gasteiger partial charge in [-0.15, -0.1) is 0 Å². The van der Waals surface area contributed by atoms with Gasteiger partial charge in [0.2, 0.25) is 0 Å². The van der Waals surface area contributed by atoms with E-state index in [-0.39, 0.29) is 6.61 Å². The molecular weight excluding hydrogens is 576 g/mol. The summed E-state index contributed by atoms with van der Waals surface area (Å²) in [6, 6.07) is 25.6. The first-order valence-corrected chi connectivity index (χ1v) is 14.3. The number of ether oxygens (including phenoxy) is 6. The molecule has 40 heavy (non-hydrogen) atoms. The standard InChI is InChI=1S/C32H37BrO7/c1-35-26-14-10-24(11-15-26)20-37-22-29-31(39-21-25-12-16-27(36-2)17-13-25)30(34)28(19-33)32(40-29)38-18-6-9-23-7-4-3-5-8-23/h3-5,7-8,10-17,19,29-32,34H,6,9,18,20-22H2,1-2H3/b28-19-/t29?,30?,31?,32-/m0/s1. The Bertz CT molecular complexity index is 1170. The first-order valence-electron chi connectivity index (χ1n) is 13.4. The van der Waals surface area contributed by atoms with Crippen LogP contribution in [0.4, 0.5) is 0 Å². The summed E-state index contributed by atoms with van der Waals surface area (Å²) in [4.78, 5) is 1.66. The summed E-state index contributed by atoms with van der Waals surface area (Å²) in [5, 5.41) is 11.4. The molecule has 1 aliphatic rings. The van der Waals surface area contributed by atoms with Crippen molar-refractivity contribution in [2.75, 3.05) is 27.4 Å². The molecule has 1 N–H and O–H groups in total. The average Bonchev–Trinajstić information content (AvgIpc) is 3.00. The number of aliphatic hydroxyl groups excluding tert-OH is 1. The van der Waals surface area contributed by atoms with Crippen LogP contribution in [0.1, 0.15) is 23.1 Å². The fourth-order valence-electron chi connectivity index (χ4n) is 4.47. The van der Waals surface area contributed by atoms with E-state index < -0.39 is 24.6 Å². The molecule has 0 bridgehead atoms. The number of aryl methyl sites for hydroxylation is 1. The Morgan fingerprint density at radius 1 is 0.800 bits per heavy atom. The molecule has 4 rings (SSSR count). The molecule has 1 aliphatic heterocycles. The van der Waals surface area contributed by atoms with Crippen LogP contribution in [0, 0.1) is 0 Å². The van der Waals surface area contributed by atoms with Gasteiger partial charge in [0.15, 0.2) is 6.29 Å². The van der Waals surface area contributed by atoms with Crippen LogP contribution >= 0.6 is 15.9 Å². The molecule has 7 nitrogen and oxygen atoms in total. The van der Waals surface area contributed by atoms with E-state index in [1.165, 1.54) is 5.56 Å². The summed E-state index contributed by atoms with van der Waals surface area (Å²) in [6.45, 7) is 1.38. The van der Waals surface area contributed by atoms with E-state index in [1.807, 2.05) is 66.7 Å². The molecule has 0 aliphatic carbocycles. The summed E-state index contributed by atoms with van der Waals surface area (Å²) in [5.41, 5.74) is 3.78. The van der Waals surface area contributed by atoms with Crippen LogP contribution in [-0.2, 0) is 38.6 Å². The Kier molecular flexibility index (Phi) is 12.0. The predicted octanol–water partition coefficient (Wildman–Crippen LogP) is 5.82. The van der Waals surface area contributed by atoms with E-state index in [2.05, 4.69) is 28.1 Å². The van der Waals surface area contributed by atoms with Crippen molar-refractivity contribution in [2.24, 2.45) is 0 Å². The number of rotatable bonds is 14. The lowest BCUT2D eigenvalue weighted by Crippen LogP contribution is -2.53. The molecule has 1 saturated heterocycles. The summed E-state index contributed by atoms with van der Waals surface area (Å²) in [5.74, 6) is 1.56. The molecule has 4 atom stereocenters.